The van der Waals surface area contributed by atoms with Crippen molar-refractivity contribution < 1.29 is 4.42 Å². The van der Waals surface area contributed by atoms with Crippen molar-refractivity contribution in [2.45, 2.75) is 31.3 Å². The molecule has 0 aliphatic heterocycles. The van der Waals surface area contributed by atoms with Crippen LogP contribution in [0.15, 0.2) is 50.9 Å². The van der Waals surface area contributed by atoms with Crippen molar-refractivity contribution in [1.29, 1.82) is 0 Å². The van der Waals surface area contributed by atoms with Crippen LogP contribution in [0.25, 0.3) is 0 Å². The molecule has 0 saturated heterocycles. The first kappa shape index (κ1) is 20.4. The zero-order valence-corrected chi connectivity index (χ0v) is 17.2. The normalized spacial score (nSPS) is 13.1. The zero-order valence-electron chi connectivity index (χ0n) is 16.4. The van der Waals surface area contributed by atoms with Crippen molar-refractivity contribution in [2.75, 3.05) is 33.4 Å². The summed E-state index contributed by atoms with van der Waals surface area (Å²) < 4.78 is 5.58. The fourth-order valence-electron chi connectivity index (χ4n) is 2.70. The predicted octanol–water partition coefficient (Wildman–Crippen LogP) is 3.67. The number of guanidine groups is 1. The quantitative estimate of drug-likeness (QED) is 0.419. The molecule has 1 aromatic heterocycles. The standard InChI is InChI=1S/C20H30N4OS/c1-6-21-20(22-13-16-10-9-15(2)12-19(16)26-5)23-14-17(24(3)4)18-8-7-11-25-18/h7-12,17H,6,13-14H2,1-5H3,(H2,21,22,23). The number of furan rings is 1. The van der Waals surface area contributed by atoms with E-state index in [1.165, 1.54) is 16.0 Å². The van der Waals surface area contributed by atoms with Gasteiger partial charge in [-0.1, -0.05) is 12.1 Å². The monoisotopic (exact) mass is 374 g/mol. The molecule has 2 N–H and O–H groups in total. The van der Waals surface area contributed by atoms with Crippen LogP contribution in [0.3, 0.4) is 0 Å². The van der Waals surface area contributed by atoms with Crippen LogP contribution in [0, 0.1) is 6.92 Å². The van der Waals surface area contributed by atoms with Crippen molar-refractivity contribution in [3.63, 3.8) is 0 Å². The van der Waals surface area contributed by atoms with Gasteiger partial charge in [-0.05, 0) is 63.5 Å². The fraction of sp³-hybridized carbons (Fsp3) is 0.450. The highest BCUT2D eigenvalue weighted by Gasteiger charge is 2.17. The molecule has 6 heteroatoms. The maximum Gasteiger partial charge on any atom is 0.191 e. The molecule has 1 heterocycles. The molecule has 2 rings (SSSR count). The summed E-state index contributed by atoms with van der Waals surface area (Å²) >= 11 is 1.77. The molecule has 0 saturated carbocycles. The molecule has 26 heavy (non-hydrogen) atoms. The number of aryl methyl sites for hydroxylation is 1. The molecular formula is C20H30N4OS. The minimum atomic E-state index is 0.148. The molecule has 0 aliphatic rings. The first-order valence-electron chi connectivity index (χ1n) is 8.90. The van der Waals surface area contributed by atoms with Crippen LogP contribution in [0.5, 0.6) is 0 Å². The minimum absolute atomic E-state index is 0.148. The molecule has 0 bridgehead atoms. The average molecular weight is 375 g/mol. The van der Waals surface area contributed by atoms with E-state index in [4.69, 9.17) is 9.41 Å². The summed E-state index contributed by atoms with van der Waals surface area (Å²) in [7, 11) is 4.10. The van der Waals surface area contributed by atoms with Gasteiger partial charge < -0.3 is 15.1 Å². The van der Waals surface area contributed by atoms with Crippen LogP contribution in [0.4, 0.5) is 0 Å². The summed E-state index contributed by atoms with van der Waals surface area (Å²) in [5.41, 5.74) is 2.52. The van der Waals surface area contributed by atoms with Crippen LogP contribution in [0.2, 0.25) is 0 Å². The summed E-state index contributed by atoms with van der Waals surface area (Å²) in [5, 5.41) is 6.76. The number of thioether (sulfide) groups is 1. The first-order chi connectivity index (χ1) is 12.5. The van der Waals surface area contributed by atoms with Gasteiger partial charge in [-0.3, -0.25) is 4.90 Å². The summed E-state index contributed by atoms with van der Waals surface area (Å²) in [4.78, 5) is 8.19. The van der Waals surface area contributed by atoms with Gasteiger partial charge in [0.1, 0.15) is 5.76 Å². The maximum absolute atomic E-state index is 5.58. The number of nitrogens with zero attached hydrogens (tertiary/aromatic N) is 2. The van der Waals surface area contributed by atoms with Crippen LogP contribution in [-0.4, -0.2) is 44.3 Å². The molecular weight excluding hydrogens is 344 g/mol. The molecule has 2 aromatic rings. The average Bonchev–Trinajstić information content (AvgIpc) is 3.14. The van der Waals surface area contributed by atoms with Crippen molar-refractivity contribution in [1.82, 2.24) is 15.5 Å². The van der Waals surface area contributed by atoms with Crippen molar-refractivity contribution >= 4 is 17.7 Å². The van der Waals surface area contributed by atoms with Crippen molar-refractivity contribution in [3.05, 3.63) is 53.5 Å². The number of likely N-dealkylation sites (N-methyl/N-ethyl adjacent to an activating group) is 1. The number of benzene rings is 1. The number of hydrogen-bond acceptors (Lipinski definition) is 4. The summed E-state index contributed by atoms with van der Waals surface area (Å²) in [6, 6.07) is 10.6. The van der Waals surface area contributed by atoms with E-state index in [1.807, 2.05) is 12.1 Å². The zero-order chi connectivity index (χ0) is 18.9. The Hall–Kier alpha value is -1.92. The second-order valence-electron chi connectivity index (χ2n) is 6.39. The second kappa shape index (κ2) is 10.3. The smallest absolute Gasteiger partial charge is 0.191 e. The van der Waals surface area contributed by atoms with Crippen molar-refractivity contribution in [3.8, 4) is 0 Å². The Balaban J connectivity index is 2.06. The van der Waals surface area contributed by atoms with Gasteiger partial charge in [0.2, 0.25) is 0 Å². The lowest BCUT2D eigenvalue weighted by Gasteiger charge is -2.23. The summed E-state index contributed by atoms with van der Waals surface area (Å²) in [5.74, 6) is 1.76. The summed E-state index contributed by atoms with van der Waals surface area (Å²) in [6.07, 6.45) is 3.82. The van der Waals surface area contributed by atoms with Gasteiger partial charge in [0.15, 0.2) is 5.96 Å². The Morgan fingerprint density at radius 2 is 2.08 bits per heavy atom. The molecule has 1 unspecified atom stereocenters. The Labute approximate surface area is 161 Å². The van der Waals surface area contributed by atoms with Gasteiger partial charge in [0, 0.05) is 18.0 Å². The molecule has 0 aliphatic carbocycles. The molecule has 0 fully saturated rings. The Bertz CT molecular complexity index is 698. The molecule has 5 nitrogen and oxygen atoms in total. The molecule has 142 valence electrons. The molecule has 0 amide bonds. The van der Waals surface area contributed by atoms with Gasteiger partial charge in [-0.2, -0.15) is 0 Å². The first-order valence-corrected chi connectivity index (χ1v) is 10.1. The lowest BCUT2D eigenvalue weighted by atomic mass is 10.1. The number of nitrogens with one attached hydrogen (secondary N) is 2. The molecule has 0 spiro atoms. The Morgan fingerprint density at radius 3 is 2.69 bits per heavy atom. The van der Waals surface area contributed by atoms with Crippen molar-refractivity contribution in [2.24, 2.45) is 4.99 Å². The third-order valence-corrected chi connectivity index (χ3v) is 4.97. The van der Waals surface area contributed by atoms with Crippen LogP contribution in [0.1, 0.15) is 29.9 Å². The number of aliphatic imine (C=N–C) groups is 1. The highest BCUT2D eigenvalue weighted by molar-refractivity contribution is 7.98. The fourth-order valence-corrected chi connectivity index (χ4v) is 3.40. The van der Waals surface area contributed by atoms with E-state index in [9.17, 15) is 0 Å². The van der Waals surface area contributed by atoms with Gasteiger partial charge in [0.25, 0.3) is 0 Å². The van der Waals surface area contributed by atoms with E-state index in [0.29, 0.717) is 6.54 Å². The van der Waals surface area contributed by atoms with Crippen LogP contribution in [-0.2, 0) is 6.54 Å². The number of hydrogen-bond donors (Lipinski definition) is 2. The lowest BCUT2D eigenvalue weighted by molar-refractivity contribution is 0.258. The Morgan fingerprint density at radius 1 is 1.27 bits per heavy atom. The van der Waals surface area contributed by atoms with E-state index in [-0.39, 0.29) is 6.04 Å². The molecule has 1 atom stereocenters. The van der Waals surface area contributed by atoms with E-state index >= 15 is 0 Å². The van der Waals surface area contributed by atoms with Gasteiger partial charge in [-0.25, -0.2) is 4.99 Å². The number of rotatable bonds is 8. The second-order valence-corrected chi connectivity index (χ2v) is 7.23. The lowest BCUT2D eigenvalue weighted by Crippen LogP contribution is -2.41. The van der Waals surface area contributed by atoms with E-state index in [2.05, 4.69) is 67.9 Å². The van der Waals surface area contributed by atoms with Crippen LogP contribution < -0.4 is 10.6 Å². The third-order valence-electron chi connectivity index (χ3n) is 4.15. The summed E-state index contributed by atoms with van der Waals surface area (Å²) in [6.45, 7) is 6.39. The minimum Gasteiger partial charge on any atom is -0.468 e. The topological polar surface area (TPSA) is 52.8 Å². The highest BCUT2D eigenvalue weighted by atomic mass is 32.2. The molecule has 1 aromatic carbocycles. The van der Waals surface area contributed by atoms with Crippen LogP contribution >= 0.6 is 11.8 Å². The third kappa shape index (κ3) is 5.81. The predicted molar refractivity (Wildman–Crippen MR) is 111 cm³/mol. The van der Waals surface area contributed by atoms with Gasteiger partial charge >= 0.3 is 0 Å². The van der Waals surface area contributed by atoms with Gasteiger partial charge in [0.05, 0.1) is 18.8 Å². The highest BCUT2D eigenvalue weighted by Crippen LogP contribution is 2.22. The van der Waals surface area contributed by atoms with Gasteiger partial charge in [-0.15, -0.1) is 11.8 Å². The van der Waals surface area contributed by atoms with E-state index in [1.54, 1.807) is 18.0 Å². The maximum atomic E-state index is 5.58. The van der Waals surface area contributed by atoms with E-state index < -0.39 is 0 Å². The largest absolute Gasteiger partial charge is 0.468 e. The van der Waals surface area contributed by atoms with E-state index in [0.717, 1.165) is 24.8 Å². The SMILES string of the molecule is CCNC(=NCc1ccc(C)cc1SC)NCC(c1ccco1)N(C)C. The Kier molecular flexibility index (Phi) is 8.06. The molecule has 0 radical (unpaired) electrons.